The van der Waals surface area contributed by atoms with Crippen molar-refractivity contribution in [3.05, 3.63) is 53.6 Å². The maximum atomic E-state index is 12.2. The molecule has 0 aliphatic heterocycles. The second kappa shape index (κ2) is 8.94. The second-order valence-electron chi connectivity index (χ2n) is 5.44. The molecule has 0 aliphatic rings. The molecule has 2 aromatic rings. The van der Waals surface area contributed by atoms with Gasteiger partial charge in [-0.05, 0) is 23.3 Å². The number of methoxy groups -OCH3 is 3. The van der Waals surface area contributed by atoms with Gasteiger partial charge in [0.2, 0.25) is 0 Å². The Labute approximate surface area is 147 Å². The predicted octanol–water partition coefficient (Wildman–Crippen LogP) is 2.39. The average Bonchev–Trinajstić information content (AvgIpc) is 2.67. The number of benzene rings is 2. The fraction of sp³-hybridized carbons (Fsp3) is 0.316. The molecule has 0 bridgehead atoms. The van der Waals surface area contributed by atoms with Crippen LogP contribution >= 0.6 is 0 Å². The third-order valence-corrected chi connectivity index (χ3v) is 3.84. The van der Waals surface area contributed by atoms with E-state index in [2.05, 4.69) is 5.32 Å². The molecule has 0 saturated heterocycles. The molecule has 134 valence electrons. The number of hydrogen-bond acceptors (Lipinski definition) is 6. The van der Waals surface area contributed by atoms with Crippen molar-refractivity contribution in [1.29, 1.82) is 0 Å². The first kappa shape index (κ1) is 18.6. The van der Waals surface area contributed by atoms with Gasteiger partial charge >= 0.3 is 5.97 Å². The van der Waals surface area contributed by atoms with Crippen molar-refractivity contribution in [2.24, 2.45) is 0 Å². The van der Waals surface area contributed by atoms with Crippen LogP contribution in [0.4, 0.5) is 5.69 Å². The number of rotatable bonds is 8. The standard InChI is InChI=1S/C19H23NO5/c1-23-16-10-14(12-21)11-17(24-2)18(16)20-15(19(22)25-3)9-13-7-5-4-6-8-13/h4-8,10-11,15,20-21H,9,12H2,1-3H3/t15-/m0/s1. The Morgan fingerprint density at radius 2 is 1.64 bits per heavy atom. The number of aliphatic hydroxyl groups is 1. The van der Waals surface area contributed by atoms with Crippen LogP contribution in [0.25, 0.3) is 0 Å². The van der Waals surface area contributed by atoms with Gasteiger partial charge in [-0.15, -0.1) is 0 Å². The van der Waals surface area contributed by atoms with E-state index in [-0.39, 0.29) is 12.6 Å². The minimum atomic E-state index is -0.616. The summed E-state index contributed by atoms with van der Waals surface area (Å²) < 4.78 is 15.7. The number of carbonyl (C=O) groups is 1. The molecule has 6 heteroatoms. The Hall–Kier alpha value is -2.73. The highest BCUT2D eigenvalue weighted by atomic mass is 16.5. The van der Waals surface area contributed by atoms with E-state index in [1.165, 1.54) is 21.3 Å². The quantitative estimate of drug-likeness (QED) is 0.716. The highest BCUT2D eigenvalue weighted by molar-refractivity contribution is 5.82. The van der Waals surface area contributed by atoms with E-state index >= 15 is 0 Å². The lowest BCUT2D eigenvalue weighted by Crippen LogP contribution is -2.33. The number of aliphatic hydroxyl groups excluding tert-OH is 1. The average molecular weight is 345 g/mol. The Morgan fingerprint density at radius 1 is 1.04 bits per heavy atom. The first-order valence-corrected chi connectivity index (χ1v) is 7.87. The van der Waals surface area contributed by atoms with Crippen LogP contribution in [0.1, 0.15) is 11.1 Å². The first-order chi connectivity index (χ1) is 12.1. The molecule has 2 aromatic carbocycles. The molecule has 0 amide bonds. The molecule has 0 radical (unpaired) electrons. The van der Waals surface area contributed by atoms with Crippen LogP contribution in [0.2, 0.25) is 0 Å². The molecule has 0 aromatic heterocycles. The lowest BCUT2D eigenvalue weighted by Gasteiger charge is -2.22. The molecular weight excluding hydrogens is 322 g/mol. The minimum absolute atomic E-state index is 0.141. The molecule has 2 rings (SSSR count). The summed E-state index contributed by atoms with van der Waals surface area (Å²) in [5.41, 5.74) is 2.18. The zero-order valence-corrected chi connectivity index (χ0v) is 14.6. The fourth-order valence-corrected chi connectivity index (χ4v) is 2.56. The normalized spacial score (nSPS) is 11.5. The van der Waals surface area contributed by atoms with E-state index in [1.807, 2.05) is 30.3 Å². The summed E-state index contributed by atoms with van der Waals surface area (Å²) in [7, 11) is 4.39. The number of carbonyl (C=O) groups excluding carboxylic acids is 1. The summed E-state index contributed by atoms with van der Waals surface area (Å²) in [6.07, 6.45) is 0.446. The van der Waals surface area contributed by atoms with Gasteiger partial charge in [0, 0.05) is 6.42 Å². The predicted molar refractivity (Wildman–Crippen MR) is 95.0 cm³/mol. The second-order valence-corrected chi connectivity index (χ2v) is 5.44. The lowest BCUT2D eigenvalue weighted by molar-refractivity contribution is -0.141. The Balaban J connectivity index is 2.36. The van der Waals surface area contributed by atoms with Crippen LogP contribution in [-0.4, -0.2) is 38.4 Å². The molecule has 0 saturated carbocycles. The molecular formula is C19H23NO5. The van der Waals surface area contributed by atoms with Crippen molar-refractivity contribution in [2.45, 2.75) is 19.1 Å². The fourth-order valence-electron chi connectivity index (χ4n) is 2.56. The molecule has 0 fully saturated rings. The monoisotopic (exact) mass is 345 g/mol. The Bertz CT molecular complexity index is 677. The van der Waals surface area contributed by atoms with Crippen LogP contribution < -0.4 is 14.8 Å². The van der Waals surface area contributed by atoms with Gasteiger partial charge in [0.15, 0.2) is 0 Å². The maximum Gasteiger partial charge on any atom is 0.328 e. The zero-order valence-electron chi connectivity index (χ0n) is 14.6. The van der Waals surface area contributed by atoms with Gasteiger partial charge in [-0.3, -0.25) is 0 Å². The number of esters is 1. The van der Waals surface area contributed by atoms with Crippen LogP contribution in [0.3, 0.4) is 0 Å². The van der Waals surface area contributed by atoms with Crippen molar-refractivity contribution in [2.75, 3.05) is 26.6 Å². The molecule has 0 aliphatic carbocycles. The molecule has 0 spiro atoms. The number of hydrogen-bond donors (Lipinski definition) is 2. The van der Waals surface area contributed by atoms with Crippen molar-refractivity contribution in [3.8, 4) is 11.5 Å². The highest BCUT2D eigenvalue weighted by Gasteiger charge is 2.23. The van der Waals surface area contributed by atoms with Crippen LogP contribution in [-0.2, 0) is 22.6 Å². The van der Waals surface area contributed by atoms with Crippen LogP contribution in [0, 0.1) is 0 Å². The van der Waals surface area contributed by atoms with Gasteiger partial charge in [0.05, 0.1) is 27.9 Å². The van der Waals surface area contributed by atoms with Gasteiger partial charge in [0.25, 0.3) is 0 Å². The Kier molecular flexibility index (Phi) is 6.65. The van der Waals surface area contributed by atoms with E-state index in [4.69, 9.17) is 14.2 Å². The smallest absolute Gasteiger partial charge is 0.328 e. The third kappa shape index (κ3) is 4.64. The molecule has 0 unspecified atom stereocenters. The molecule has 6 nitrogen and oxygen atoms in total. The SMILES string of the molecule is COC(=O)[C@H](Cc1ccccc1)Nc1c(OC)cc(CO)cc1OC. The van der Waals surface area contributed by atoms with Crippen LogP contribution in [0.15, 0.2) is 42.5 Å². The molecule has 25 heavy (non-hydrogen) atoms. The van der Waals surface area contributed by atoms with Gasteiger partial charge in [0.1, 0.15) is 23.2 Å². The maximum absolute atomic E-state index is 12.2. The van der Waals surface area contributed by atoms with Crippen LogP contribution in [0.5, 0.6) is 11.5 Å². The molecule has 1 atom stereocenters. The largest absolute Gasteiger partial charge is 0.494 e. The summed E-state index contributed by atoms with van der Waals surface area (Å²) in [5, 5.41) is 12.5. The molecule has 0 heterocycles. The number of nitrogens with one attached hydrogen (secondary N) is 1. The van der Waals surface area contributed by atoms with E-state index in [0.29, 0.717) is 29.2 Å². The van der Waals surface area contributed by atoms with Gasteiger partial charge < -0.3 is 24.6 Å². The van der Waals surface area contributed by atoms with Crippen molar-refractivity contribution >= 4 is 11.7 Å². The summed E-state index contributed by atoms with van der Waals surface area (Å²) >= 11 is 0. The minimum Gasteiger partial charge on any atom is -0.494 e. The van der Waals surface area contributed by atoms with E-state index in [9.17, 15) is 9.90 Å². The third-order valence-electron chi connectivity index (χ3n) is 3.84. The number of ether oxygens (including phenoxy) is 3. The molecule has 2 N–H and O–H groups in total. The van der Waals surface area contributed by atoms with Crippen molar-refractivity contribution < 1.29 is 24.1 Å². The summed E-state index contributed by atoms with van der Waals surface area (Å²) in [4.78, 5) is 12.2. The van der Waals surface area contributed by atoms with Crippen molar-refractivity contribution in [3.63, 3.8) is 0 Å². The first-order valence-electron chi connectivity index (χ1n) is 7.87. The van der Waals surface area contributed by atoms with E-state index in [1.54, 1.807) is 12.1 Å². The Morgan fingerprint density at radius 3 is 2.12 bits per heavy atom. The van der Waals surface area contributed by atoms with E-state index in [0.717, 1.165) is 5.56 Å². The van der Waals surface area contributed by atoms with Gasteiger partial charge in [-0.1, -0.05) is 30.3 Å². The highest BCUT2D eigenvalue weighted by Crippen LogP contribution is 2.37. The van der Waals surface area contributed by atoms with E-state index < -0.39 is 6.04 Å². The zero-order chi connectivity index (χ0) is 18.2. The number of anilines is 1. The lowest BCUT2D eigenvalue weighted by atomic mass is 10.0. The summed E-state index contributed by atoms with van der Waals surface area (Å²) in [5.74, 6) is 0.565. The van der Waals surface area contributed by atoms with Crippen molar-refractivity contribution in [1.82, 2.24) is 0 Å². The topological polar surface area (TPSA) is 77.0 Å². The summed E-state index contributed by atoms with van der Waals surface area (Å²) in [6.45, 7) is -0.141. The van der Waals surface area contributed by atoms with Gasteiger partial charge in [-0.2, -0.15) is 0 Å². The summed E-state index contributed by atoms with van der Waals surface area (Å²) in [6, 6.07) is 12.4. The van der Waals surface area contributed by atoms with Gasteiger partial charge in [-0.25, -0.2) is 4.79 Å².